The number of carbonyl (C=O) groups is 5. The van der Waals surface area contributed by atoms with E-state index in [-0.39, 0.29) is 47.8 Å². The predicted octanol–water partition coefficient (Wildman–Crippen LogP) is 3.74. The van der Waals surface area contributed by atoms with Crippen LogP contribution in [0.3, 0.4) is 0 Å². The number of nitrogens with zero attached hydrogens (tertiary/aromatic N) is 3. The fourth-order valence-corrected chi connectivity index (χ4v) is 7.36. The predicted molar refractivity (Wildman–Crippen MR) is 201 cm³/mol. The molecule has 1 saturated heterocycles. The molecule has 1 aliphatic heterocycles. The molecule has 288 valence electrons. The first-order valence-electron chi connectivity index (χ1n) is 18.2. The third-order valence-corrected chi connectivity index (χ3v) is 11.0. The van der Waals surface area contributed by atoms with Crippen molar-refractivity contribution in [2.45, 2.75) is 109 Å². The molecule has 3 rings (SSSR count). The summed E-state index contributed by atoms with van der Waals surface area (Å²) >= 11 is 1.25. The number of thiazole rings is 1. The van der Waals surface area contributed by atoms with Crippen molar-refractivity contribution in [1.29, 1.82) is 0 Å². The minimum absolute atomic E-state index is 0.0437. The van der Waals surface area contributed by atoms with Gasteiger partial charge in [-0.15, -0.1) is 11.3 Å². The van der Waals surface area contributed by atoms with Crippen LogP contribution in [0.5, 0.6) is 0 Å². The van der Waals surface area contributed by atoms with Gasteiger partial charge >= 0.3 is 5.97 Å². The first-order valence-corrected chi connectivity index (χ1v) is 19.1. The topological polar surface area (TPSA) is 159 Å². The summed E-state index contributed by atoms with van der Waals surface area (Å²) in [4.78, 5) is 74.4. The number of amides is 4. The van der Waals surface area contributed by atoms with E-state index in [9.17, 15) is 24.0 Å². The van der Waals surface area contributed by atoms with Crippen molar-refractivity contribution in [1.82, 2.24) is 30.7 Å². The number of likely N-dealkylation sites (tertiary alicyclic amines) is 1. The molecule has 0 unspecified atom stereocenters. The van der Waals surface area contributed by atoms with E-state index in [1.165, 1.54) is 25.4 Å². The Morgan fingerprint density at radius 3 is 2.31 bits per heavy atom. The van der Waals surface area contributed by atoms with E-state index in [4.69, 9.17) is 9.47 Å². The second kappa shape index (κ2) is 20.4. The number of hydrogen-bond acceptors (Lipinski definition) is 10. The first-order chi connectivity index (χ1) is 24.7. The number of piperidine rings is 1. The Balaban J connectivity index is 1.68. The summed E-state index contributed by atoms with van der Waals surface area (Å²) in [6.45, 7) is 10.4. The smallest absolute Gasteiger partial charge is 0.328 e. The highest BCUT2D eigenvalue weighted by atomic mass is 32.1. The van der Waals surface area contributed by atoms with Crippen LogP contribution in [0.15, 0.2) is 35.7 Å². The molecular weight excluding hydrogens is 685 g/mol. The number of likely N-dealkylation sites (N-methyl/N-ethyl adjacent to an activating group) is 2. The molecule has 3 N–H and O–H groups in total. The molecule has 0 bridgehead atoms. The zero-order chi connectivity index (χ0) is 38.5. The molecule has 0 radical (unpaired) electrons. The monoisotopic (exact) mass is 742 g/mol. The molecule has 14 heteroatoms. The lowest BCUT2D eigenvalue weighted by atomic mass is 9.92. The number of hydrogen-bond donors (Lipinski definition) is 3. The molecule has 7 atom stereocenters. The summed E-state index contributed by atoms with van der Waals surface area (Å²) in [5.74, 6) is -1.98. The van der Waals surface area contributed by atoms with Gasteiger partial charge in [0.15, 0.2) is 0 Å². The zero-order valence-corrected chi connectivity index (χ0v) is 33.0. The lowest BCUT2D eigenvalue weighted by molar-refractivity contribution is -0.145. The molecule has 1 aliphatic rings. The average Bonchev–Trinajstić information content (AvgIpc) is 3.63. The minimum atomic E-state index is -0.971. The van der Waals surface area contributed by atoms with Crippen LogP contribution >= 0.6 is 11.3 Å². The van der Waals surface area contributed by atoms with Crippen LogP contribution in [0.25, 0.3) is 0 Å². The minimum Gasteiger partial charge on any atom is -0.467 e. The number of carbonyl (C=O) groups excluding carboxylic acids is 5. The van der Waals surface area contributed by atoms with Crippen LogP contribution in [0.2, 0.25) is 0 Å². The summed E-state index contributed by atoms with van der Waals surface area (Å²) in [7, 11) is 6.54. The van der Waals surface area contributed by atoms with Crippen molar-refractivity contribution in [2.24, 2.45) is 11.8 Å². The van der Waals surface area contributed by atoms with Crippen molar-refractivity contribution >= 4 is 40.9 Å². The van der Waals surface area contributed by atoms with Crippen LogP contribution in [0.1, 0.15) is 93.9 Å². The number of esters is 1. The van der Waals surface area contributed by atoms with Crippen LogP contribution in [-0.2, 0) is 35.1 Å². The lowest BCUT2D eigenvalue weighted by Crippen LogP contribution is -2.58. The summed E-state index contributed by atoms with van der Waals surface area (Å²) < 4.78 is 10.8. The van der Waals surface area contributed by atoms with Gasteiger partial charge in [-0.2, -0.15) is 0 Å². The fourth-order valence-electron chi connectivity index (χ4n) is 6.47. The van der Waals surface area contributed by atoms with Crippen molar-refractivity contribution in [3.8, 4) is 0 Å². The van der Waals surface area contributed by atoms with Gasteiger partial charge in [-0.25, -0.2) is 9.78 Å². The normalized spacial score (nSPS) is 18.3. The molecule has 13 nitrogen and oxygen atoms in total. The molecular formula is C38H58N6O7S. The van der Waals surface area contributed by atoms with E-state index in [1.807, 2.05) is 65.1 Å². The highest BCUT2D eigenvalue weighted by Gasteiger charge is 2.37. The second-order valence-corrected chi connectivity index (χ2v) is 15.0. The van der Waals surface area contributed by atoms with Crippen LogP contribution in [0, 0.1) is 11.8 Å². The standard InChI is InChI=1S/C38H58N6O7S/c1-10-24(4)32(42-35(47)29-18-14-15-19-43(29)6)37(48)44(7)30(23(2)3)21-31(50-8)36-41-28(22-52-36)34(46)39-25(5)33(45)40-27(38(49)51-9)20-26-16-12-11-13-17-26/h11-13,16-17,22-25,27,29-32H,10,14-15,18-21H2,1-9H3,(H,39,46)(H,40,45)(H,42,47)/t24-,25-,27-,29+,30+,31+,32-/m0/s1. The molecule has 2 aromatic rings. The van der Waals surface area contributed by atoms with Gasteiger partial charge in [0.25, 0.3) is 5.91 Å². The Labute approximate surface area is 312 Å². The molecule has 0 spiro atoms. The third kappa shape index (κ3) is 11.6. The van der Waals surface area contributed by atoms with Crippen molar-refractivity contribution in [3.05, 3.63) is 52.0 Å². The number of nitrogens with one attached hydrogen (secondary N) is 3. The van der Waals surface area contributed by atoms with Gasteiger partial charge in [-0.3, -0.25) is 24.1 Å². The van der Waals surface area contributed by atoms with Gasteiger partial charge in [0.1, 0.15) is 34.9 Å². The summed E-state index contributed by atoms with van der Waals surface area (Å²) in [5, 5.41) is 10.6. The first kappa shape index (κ1) is 42.5. The maximum absolute atomic E-state index is 14.1. The molecule has 0 aliphatic carbocycles. The molecule has 1 fully saturated rings. The molecule has 52 heavy (non-hydrogen) atoms. The van der Waals surface area contributed by atoms with Gasteiger partial charge in [-0.05, 0) is 50.8 Å². The Bertz CT molecular complexity index is 1490. The molecule has 0 saturated carbocycles. The highest BCUT2D eigenvalue weighted by molar-refractivity contribution is 7.09. The van der Waals surface area contributed by atoms with E-state index in [0.29, 0.717) is 11.4 Å². The zero-order valence-electron chi connectivity index (χ0n) is 32.1. The quantitative estimate of drug-likeness (QED) is 0.194. The summed E-state index contributed by atoms with van der Waals surface area (Å²) in [6, 6.07) is 6.16. The van der Waals surface area contributed by atoms with Gasteiger partial charge < -0.3 is 30.3 Å². The number of aromatic nitrogens is 1. The van der Waals surface area contributed by atoms with E-state index in [0.717, 1.165) is 37.8 Å². The van der Waals surface area contributed by atoms with Gasteiger partial charge in [0.2, 0.25) is 17.7 Å². The number of methoxy groups -OCH3 is 2. The van der Waals surface area contributed by atoms with Gasteiger partial charge in [0, 0.05) is 38.4 Å². The van der Waals surface area contributed by atoms with Crippen LogP contribution in [-0.4, -0.2) is 109 Å². The summed E-state index contributed by atoms with van der Waals surface area (Å²) in [6.07, 6.45) is 3.66. The van der Waals surface area contributed by atoms with Crippen molar-refractivity contribution in [2.75, 3.05) is 34.9 Å². The van der Waals surface area contributed by atoms with Crippen molar-refractivity contribution in [3.63, 3.8) is 0 Å². The van der Waals surface area contributed by atoms with E-state index in [1.54, 1.807) is 24.4 Å². The van der Waals surface area contributed by atoms with Crippen LogP contribution in [0.4, 0.5) is 0 Å². The summed E-state index contributed by atoms with van der Waals surface area (Å²) in [5.41, 5.74) is 0.964. The van der Waals surface area contributed by atoms with E-state index < -0.39 is 42.0 Å². The third-order valence-electron chi connectivity index (χ3n) is 10.1. The Morgan fingerprint density at radius 1 is 1.02 bits per heavy atom. The fraction of sp³-hybridized carbons (Fsp3) is 0.632. The van der Waals surface area contributed by atoms with Gasteiger partial charge in [-0.1, -0.05) is 70.9 Å². The van der Waals surface area contributed by atoms with Crippen LogP contribution < -0.4 is 16.0 Å². The molecule has 1 aromatic heterocycles. The average molecular weight is 743 g/mol. The molecule has 4 amide bonds. The second-order valence-electron chi connectivity index (χ2n) is 14.1. The maximum atomic E-state index is 14.1. The highest BCUT2D eigenvalue weighted by Crippen LogP contribution is 2.30. The largest absolute Gasteiger partial charge is 0.467 e. The Morgan fingerprint density at radius 2 is 1.71 bits per heavy atom. The molecule has 1 aromatic carbocycles. The molecule has 2 heterocycles. The number of rotatable bonds is 18. The Hall–Kier alpha value is -3.88. The number of benzene rings is 1. The van der Waals surface area contributed by atoms with E-state index >= 15 is 0 Å². The number of ether oxygens (including phenoxy) is 2. The van der Waals surface area contributed by atoms with Crippen molar-refractivity contribution < 1.29 is 33.4 Å². The Kier molecular flexibility index (Phi) is 16.7. The maximum Gasteiger partial charge on any atom is 0.328 e. The SMILES string of the molecule is CC[C@H](C)[C@H](NC(=O)[C@H]1CCCCN1C)C(=O)N(C)[C@H](C[C@@H](OC)c1nc(C(=O)N[C@@H](C)C(=O)N[C@@H](Cc2ccccc2)C(=O)OC)cs1)C(C)C. The lowest BCUT2D eigenvalue weighted by Gasteiger charge is -2.38. The van der Waals surface area contributed by atoms with E-state index in [2.05, 4.69) is 25.8 Å². The van der Waals surface area contributed by atoms with Gasteiger partial charge in [0.05, 0.1) is 13.2 Å².